The SMILES string of the molecule is CC(NCc1cnn(C)c1NC(=O)OC(C)(C)C)C(=O)O. The molecule has 0 fully saturated rings. The number of amides is 1. The Hall–Kier alpha value is -2.09. The van der Waals surface area contributed by atoms with Crippen molar-refractivity contribution in [2.45, 2.75) is 45.9 Å². The van der Waals surface area contributed by atoms with Crippen molar-refractivity contribution in [1.29, 1.82) is 0 Å². The monoisotopic (exact) mass is 298 g/mol. The fourth-order valence-electron chi connectivity index (χ4n) is 1.52. The van der Waals surface area contributed by atoms with E-state index < -0.39 is 23.7 Å². The Bertz CT molecular complexity index is 519. The van der Waals surface area contributed by atoms with Crippen molar-refractivity contribution in [2.75, 3.05) is 5.32 Å². The number of nitrogens with zero attached hydrogens (tertiary/aromatic N) is 2. The summed E-state index contributed by atoms with van der Waals surface area (Å²) in [6, 6.07) is -0.695. The average molecular weight is 298 g/mol. The Morgan fingerprint density at radius 3 is 2.62 bits per heavy atom. The van der Waals surface area contributed by atoms with Gasteiger partial charge in [-0.15, -0.1) is 0 Å². The van der Waals surface area contributed by atoms with Crippen LogP contribution in [0.4, 0.5) is 10.6 Å². The number of carbonyl (C=O) groups excluding carboxylic acids is 1. The van der Waals surface area contributed by atoms with Crippen LogP contribution in [0.1, 0.15) is 33.3 Å². The van der Waals surface area contributed by atoms with Gasteiger partial charge in [0, 0.05) is 19.2 Å². The molecule has 1 amide bonds. The molecule has 3 N–H and O–H groups in total. The van der Waals surface area contributed by atoms with Crippen molar-refractivity contribution in [3.8, 4) is 0 Å². The maximum atomic E-state index is 11.8. The Balaban J connectivity index is 2.72. The van der Waals surface area contributed by atoms with E-state index in [0.717, 1.165) is 0 Å². The predicted molar refractivity (Wildman–Crippen MR) is 77.0 cm³/mol. The van der Waals surface area contributed by atoms with Crippen LogP contribution in [-0.2, 0) is 23.1 Å². The summed E-state index contributed by atoms with van der Waals surface area (Å²) in [5, 5.41) is 18.3. The van der Waals surface area contributed by atoms with Crippen molar-refractivity contribution >= 4 is 17.9 Å². The highest BCUT2D eigenvalue weighted by molar-refractivity contribution is 5.84. The Kier molecular flexibility index (Phi) is 5.31. The van der Waals surface area contributed by atoms with Crippen molar-refractivity contribution in [2.24, 2.45) is 7.05 Å². The van der Waals surface area contributed by atoms with Crippen LogP contribution < -0.4 is 10.6 Å². The molecule has 1 unspecified atom stereocenters. The molecule has 0 spiro atoms. The van der Waals surface area contributed by atoms with Gasteiger partial charge in [0.25, 0.3) is 0 Å². The summed E-state index contributed by atoms with van der Waals surface area (Å²) in [6.45, 7) is 7.12. The minimum Gasteiger partial charge on any atom is -0.480 e. The van der Waals surface area contributed by atoms with E-state index >= 15 is 0 Å². The van der Waals surface area contributed by atoms with Crippen LogP contribution in [0, 0.1) is 0 Å². The minimum absolute atomic E-state index is 0.270. The molecule has 0 saturated heterocycles. The first kappa shape index (κ1) is 17.0. The van der Waals surface area contributed by atoms with Crippen LogP contribution in [0.25, 0.3) is 0 Å². The van der Waals surface area contributed by atoms with Gasteiger partial charge in [0.05, 0.1) is 6.20 Å². The lowest BCUT2D eigenvalue weighted by Gasteiger charge is -2.20. The largest absolute Gasteiger partial charge is 0.480 e. The van der Waals surface area contributed by atoms with Crippen LogP contribution >= 0.6 is 0 Å². The van der Waals surface area contributed by atoms with Crippen molar-refractivity contribution in [3.05, 3.63) is 11.8 Å². The van der Waals surface area contributed by atoms with Gasteiger partial charge < -0.3 is 15.2 Å². The topological polar surface area (TPSA) is 105 Å². The lowest BCUT2D eigenvalue weighted by Crippen LogP contribution is -2.33. The van der Waals surface area contributed by atoms with Crippen LogP contribution in [0.3, 0.4) is 0 Å². The zero-order valence-corrected chi connectivity index (χ0v) is 12.9. The lowest BCUT2D eigenvalue weighted by molar-refractivity contribution is -0.139. The highest BCUT2D eigenvalue weighted by Crippen LogP contribution is 2.16. The summed E-state index contributed by atoms with van der Waals surface area (Å²) in [5.74, 6) is -0.477. The molecule has 8 nitrogen and oxygen atoms in total. The van der Waals surface area contributed by atoms with Gasteiger partial charge in [-0.3, -0.25) is 14.8 Å². The van der Waals surface area contributed by atoms with E-state index in [1.807, 2.05) is 0 Å². The number of rotatable bonds is 5. The zero-order valence-electron chi connectivity index (χ0n) is 12.9. The third kappa shape index (κ3) is 5.42. The number of carbonyl (C=O) groups is 2. The smallest absolute Gasteiger partial charge is 0.413 e. The van der Waals surface area contributed by atoms with E-state index in [1.165, 1.54) is 4.68 Å². The second-order valence-electron chi connectivity index (χ2n) is 5.71. The second-order valence-corrected chi connectivity index (χ2v) is 5.71. The van der Waals surface area contributed by atoms with Crippen LogP contribution in [-0.4, -0.2) is 38.6 Å². The molecule has 0 bridgehead atoms. The highest BCUT2D eigenvalue weighted by atomic mass is 16.6. The Morgan fingerprint density at radius 2 is 2.10 bits per heavy atom. The standard InChI is InChI=1S/C13H22N4O4/c1-8(11(18)19)14-6-9-7-15-17(5)10(9)16-12(20)21-13(2,3)4/h7-8,14H,6H2,1-5H3,(H,16,20)(H,18,19). The van der Waals surface area contributed by atoms with E-state index in [2.05, 4.69) is 15.7 Å². The number of hydrogen-bond acceptors (Lipinski definition) is 5. The number of nitrogens with one attached hydrogen (secondary N) is 2. The molecule has 1 aromatic heterocycles. The molecule has 0 aliphatic carbocycles. The molecule has 1 rings (SSSR count). The zero-order chi connectivity index (χ0) is 16.2. The van der Waals surface area contributed by atoms with Crippen LogP contribution in [0.5, 0.6) is 0 Å². The summed E-state index contributed by atoms with van der Waals surface area (Å²) in [6.07, 6.45) is 0.979. The molecule has 0 saturated carbocycles. The molecule has 0 radical (unpaired) electrons. The molecule has 21 heavy (non-hydrogen) atoms. The first-order valence-corrected chi connectivity index (χ1v) is 6.57. The minimum atomic E-state index is -0.944. The van der Waals surface area contributed by atoms with Gasteiger partial charge in [-0.25, -0.2) is 4.79 Å². The van der Waals surface area contributed by atoms with E-state index in [0.29, 0.717) is 11.4 Å². The van der Waals surface area contributed by atoms with Gasteiger partial charge in [-0.1, -0.05) is 0 Å². The van der Waals surface area contributed by atoms with E-state index in [9.17, 15) is 9.59 Å². The molecule has 1 aromatic rings. The average Bonchev–Trinajstić information content (AvgIpc) is 2.65. The summed E-state index contributed by atoms with van der Waals surface area (Å²) < 4.78 is 6.67. The molecule has 1 atom stereocenters. The highest BCUT2D eigenvalue weighted by Gasteiger charge is 2.19. The third-order valence-corrected chi connectivity index (χ3v) is 2.60. The number of aromatic nitrogens is 2. The summed E-state index contributed by atoms with van der Waals surface area (Å²) in [4.78, 5) is 22.6. The Morgan fingerprint density at radius 1 is 1.48 bits per heavy atom. The number of ether oxygens (including phenoxy) is 1. The van der Waals surface area contributed by atoms with E-state index in [-0.39, 0.29) is 6.54 Å². The molecule has 0 aromatic carbocycles. The maximum Gasteiger partial charge on any atom is 0.413 e. The van der Waals surface area contributed by atoms with Crippen LogP contribution in [0.15, 0.2) is 6.20 Å². The van der Waals surface area contributed by atoms with Crippen LogP contribution in [0.2, 0.25) is 0 Å². The van der Waals surface area contributed by atoms with Crippen molar-refractivity contribution in [3.63, 3.8) is 0 Å². The van der Waals surface area contributed by atoms with Gasteiger partial charge in [0.15, 0.2) is 0 Å². The van der Waals surface area contributed by atoms with Crippen molar-refractivity contribution < 1.29 is 19.4 Å². The summed E-state index contributed by atoms with van der Waals surface area (Å²) in [5.41, 5.74) is 0.0790. The quantitative estimate of drug-likeness (QED) is 0.757. The fraction of sp³-hybridized carbons (Fsp3) is 0.615. The number of aryl methyl sites for hydroxylation is 1. The molecule has 0 aliphatic heterocycles. The first-order chi connectivity index (χ1) is 9.60. The second kappa shape index (κ2) is 6.57. The first-order valence-electron chi connectivity index (χ1n) is 6.57. The number of anilines is 1. The van der Waals surface area contributed by atoms with Gasteiger partial charge in [0.2, 0.25) is 0 Å². The van der Waals surface area contributed by atoms with E-state index in [1.54, 1.807) is 40.9 Å². The predicted octanol–water partition coefficient (Wildman–Crippen LogP) is 1.33. The lowest BCUT2D eigenvalue weighted by atomic mass is 10.2. The summed E-state index contributed by atoms with van der Waals surface area (Å²) >= 11 is 0. The number of carboxylic acids is 1. The number of aliphatic carboxylic acids is 1. The number of carboxylic acid groups (broad SMARTS) is 1. The van der Waals surface area contributed by atoms with E-state index in [4.69, 9.17) is 9.84 Å². The van der Waals surface area contributed by atoms with Gasteiger partial charge in [-0.05, 0) is 27.7 Å². The molecular formula is C13H22N4O4. The summed E-state index contributed by atoms with van der Waals surface area (Å²) in [7, 11) is 1.68. The van der Waals surface area contributed by atoms with Gasteiger partial charge >= 0.3 is 12.1 Å². The molecule has 0 aliphatic rings. The maximum absolute atomic E-state index is 11.8. The Labute approximate surface area is 123 Å². The number of hydrogen-bond donors (Lipinski definition) is 3. The molecular weight excluding hydrogens is 276 g/mol. The fourth-order valence-corrected chi connectivity index (χ4v) is 1.52. The molecule has 1 heterocycles. The molecule has 8 heteroatoms. The molecule has 118 valence electrons. The third-order valence-electron chi connectivity index (χ3n) is 2.60. The van der Waals surface area contributed by atoms with Gasteiger partial charge in [0.1, 0.15) is 17.5 Å². The normalized spacial score (nSPS) is 12.8. The van der Waals surface area contributed by atoms with Gasteiger partial charge in [-0.2, -0.15) is 5.10 Å². The van der Waals surface area contributed by atoms with Crippen molar-refractivity contribution in [1.82, 2.24) is 15.1 Å².